The van der Waals surface area contributed by atoms with E-state index in [0.29, 0.717) is 30.0 Å². The number of carbonyl (C=O) groups excluding carboxylic acids is 2. The quantitative estimate of drug-likeness (QED) is 0.310. The summed E-state index contributed by atoms with van der Waals surface area (Å²) < 4.78 is 39.0. The van der Waals surface area contributed by atoms with Crippen LogP contribution < -0.4 is 10.6 Å². The van der Waals surface area contributed by atoms with Crippen LogP contribution >= 0.6 is 12.4 Å². The highest BCUT2D eigenvalue weighted by Crippen LogP contribution is 2.27. The van der Waals surface area contributed by atoms with Crippen molar-refractivity contribution in [3.63, 3.8) is 0 Å². The number of amides is 3. The third-order valence-electron chi connectivity index (χ3n) is 6.93. The summed E-state index contributed by atoms with van der Waals surface area (Å²) in [4.78, 5) is 33.8. The number of alkyl halides is 3. The van der Waals surface area contributed by atoms with Crippen LogP contribution in [0.3, 0.4) is 0 Å². The van der Waals surface area contributed by atoms with Gasteiger partial charge in [-0.2, -0.15) is 13.2 Å². The number of fused-ring (bicyclic) bond motifs is 1. The largest absolute Gasteiger partial charge is 0.405 e. The van der Waals surface area contributed by atoms with Crippen molar-refractivity contribution in [3.05, 3.63) is 78.6 Å². The Morgan fingerprint density at radius 3 is 2.37 bits per heavy atom. The van der Waals surface area contributed by atoms with Crippen LogP contribution in [-0.2, 0) is 0 Å². The Balaban J connectivity index is 0.00000387. The first-order chi connectivity index (χ1) is 19.2. The van der Waals surface area contributed by atoms with Crippen LogP contribution in [0.1, 0.15) is 17.3 Å². The Morgan fingerprint density at radius 2 is 1.63 bits per heavy atom. The highest BCUT2D eigenvalue weighted by molar-refractivity contribution is 5.95. The molecule has 1 aliphatic heterocycles. The van der Waals surface area contributed by atoms with Gasteiger partial charge in [-0.3, -0.25) is 9.20 Å². The molecular weight excluding hydrogens is 557 g/mol. The van der Waals surface area contributed by atoms with Crippen LogP contribution in [0.25, 0.3) is 28.0 Å². The van der Waals surface area contributed by atoms with Gasteiger partial charge in [0.2, 0.25) is 0 Å². The van der Waals surface area contributed by atoms with Gasteiger partial charge in [-0.25, -0.2) is 9.78 Å². The molecule has 1 saturated heterocycles. The fraction of sp³-hybridized carbons (Fsp3) is 0.276. The van der Waals surface area contributed by atoms with Gasteiger partial charge in [0.1, 0.15) is 12.2 Å². The lowest BCUT2D eigenvalue weighted by atomic mass is 10.0. The second kappa shape index (κ2) is 12.6. The lowest BCUT2D eigenvalue weighted by molar-refractivity contribution is -0.122. The summed E-state index contributed by atoms with van der Waals surface area (Å²) in [6.07, 6.45) is -0.922. The first-order valence-electron chi connectivity index (χ1n) is 13.0. The summed E-state index contributed by atoms with van der Waals surface area (Å²) in [7, 11) is 0. The third-order valence-corrected chi connectivity index (χ3v) is 6.93. The van der Waals surface area contributed by atoms with E-state index in [0.717, 1.165) is 42.0 Å². The number of hydrogen-bond acceptors (Lipinski definition) is 4. The Kier molecular flexibility index (Phi) is 9.19. The lowest BCUT2D eigenvalue weighted by Crippen LogP contribution is -2.48. The van der Waals surface area contributed by atoms with Gasteiger partial charge in [0.25, 0.3) is 5.91 Å². The summed E-state index contributed by atoms with van der Waals surface area (Å²) in [5.74, 6) is 0.0300. The number of aromatic nitrogens is 2. The van der Waals surface area contributed by atoms with Crippen LogP contribution in [-0.4, -0.2) is 76.6 Å². The van der Waals surface area contributed by atoms with Gasteiger partial charge in [-0.1, -0.05) is 31.2 Å². The number of halogens is 4. The van der Waals surface area contributed by atoms with Crippen molar-refractivity contribution in [3.8, 4) is 22.4 Å². The molecule has 4 aromatic rings. The topological polar surface area (TPSA) is 82.0 Å². The Bertz CT molecular complexity index is 1530. The fourth-order valence-corrected chi connectivity index (χ4v) is 4.77. The minimum Gasteiger partial charge on any atom is -0.336 e. The maximum absolute atomic E-state index is 13.1. The average molecular weight is 587 g/mol. The molecule has 0 bridgehead atoms. The highest BCUT2D eigenvalue weighted by atomic mass is 35.5. The number of anilines is 1. The third kappa shape index (κ3) is 7.17. The second-order valence-corrected chi connectivity index (χ2v) is 9.60. The number of piperazine rings is 1. The fourth-order valence-electron chi connectivity index (χ4n) is 4.77. The molecule has 0 spiro atoms. The molecule has 1 fully saturated rings. The van der Waals surface area contributed by atoms with E-state index in [1.165, 1.54) is 0 Å². The maximum atomic E-state index is 13.1. The van der Waals surface area contributed by atoms with Crippen molar-refractivity contribution in [2.75, 3.05) is 44.6 Å². The Morgan fingerprint density at radius 1 is 0.927 bits per heavy atom. The van der Waals surface area contributed by atoms with Crippen molar-refractivity contribution >= 4 is 35.7 Å². The molecule has 216 valence electrons. The highest BCUT2D eigenvalue weighted by Gasteiger charge is 2.27. The van der Waals surface area contributed by atoms with E-state index in [4.69, 9.17) is 0 Å². The lowest BCUT2D eigenvalue weighted by Gasteiger charge is -2.34. The summed E-state index contributed by atoms with van der Waals surface area (Å²) in [6.45, 7) is 4.89. The van der Waals surface area contributed by atoms with Crippen LogP contribution in [0.4, 0.5) is 23.7 Å². The van der Waals surface area contributed by atoms with Crippen molar-refractivity contribution in [1.82, 2.24) is 24.5 Å². The van der Waals surface area contributed by atoms with Crippen molar-refractivity contribution in [2.24, 2.45) is 0 Å². The minimum absolute atomic E-state index is 0. The van der Waals surface area contributed by atoms with Gasteiger partial charge in [0.15, 0.2) is 0 Å². The zero-order valence-corrected chi connectivity index (χ0v) is 23.1. The number of rotatable bonds is 6. The number of imidazole rings is 1. The Labute approximate surface area is 241 Å². The molecule has 41 heavy (non-hydrogen) atoms. The molecule has 3 heterocycles. The van der Waals surface area contributed by atoms with E-state index in [1.807, 2.05) is 58.0 Å². The normalized spacial score (nSPS) is 14.0. The smallest absolute Gasteiger partial charge is 0.336 e. The molecule has 5 rings (SSSR count). The first kappa shape index (κ1) is 29.9. The Hall–Kier alpha value is -4.09. The number of pyridine rings is 1. The van der Waals surface area contributed by atoms with Gasteiger partial charge in [0, 0.05) is 49.2 Å². The van der Waals surface area contributed by atoms with Gasteiger partial charge in [-0.05, 0) is 54.1 Å². The van der Waals surface area contributed by atoms with Gasteiger partial charge >= 0.3 is 12.2 Å². The number of hydrogen-bond donors (Lipinski definition) is 2. The second-order valence-electron chi connectivity index (χ2n) is 9.60. The number of carbonyl (C=O) groups is 2. The van der Waals surface area contributed by atoms with E-state index in [2.05, 4.69) is 22.1 Å². The molecule has 2 N–H and O–H groups in total. The molecular formula is C29H30ClF3N6O2. The molecule has 0 radical (unpaired) electrons. The summed E-state index contributed by atoms with van der Waals surface area (Å²) in [5, 5.41) is 4.22. The predicted octanol–water partition coefficient (Wildman–Crippen LogP) is 5.55. The molecule has 0 unspecified atom stereocenters. The van der Waals surface area contributed by atoms with E-state index in [9.17, 15) is 22.8 Å². The van der Waals surface area contributed by atoms with Gasteiger partial charge < -0.3 is 20.4 Å². The predicted molar refractivity (Wildman–Crippen MR) is 154 cm³/mol. The molecule has 12 heteroatoms. The maximum Gasteiger partial charge on any atom is 0.405 e. The average Bonchev–Trinajstić information content (AvgIpc) is 3.39. The van der Waals surface area contributed by atoms with Crippen LogP contribution in [0.15, 0.2) is 73.1 Å². The molecule has 1 aliphatic rings. The van der Waals surface area contributed by atoms with E-state index < -0.39 is 18.8 Å². The number of nitrogens with zero attached hydrogens (tertiary/aromatic N) is 4. The zero-order chi connectivity index (χ0) is 28.3. The summed E-state index contributed by atoms with van der Waals surface area (Å²) >= 11 is 0. The summed E-state index contributed by atoms with van der Waals surface area (Å²) in [5.41, 5.74) is 4.96. The summed E-state index contributed by atoms with van der Waals surface area (Å²) in [6, 6.07) is 17.3. The molecule has 0 atom stereocenters. The van der Waals surface area contributed by atoms with Gasteiger partial charge in [0.05, 0.1) is 11.9 Å². The molecule has 0 saturated carbocycles. The van der Waals surface area contributed by atoms with Crippen molar-refractivity contribution in [1.29, 1.82) is 0 Å². The van der Waals surface area contributed by atoms with Crippen LogP contribution in [0.2, 0.25) is 0 Å². The number of benzene rings is 2. The monoisotopic (exact) mass is 586 g/mol. The first-order valence-corrected chi connectivity index (χ1v) is 13.0. The van der Waals surface area contributed by atoms with Gasteiger partial charge in [-0.15, -0.1) is 12.4 Å². The van der Waals surface area contributed by atoms with Crippen molar-refractivity contribution < 1.29 is 22.8 Å². The SMILES string of the molecule is CCN1CCN(C(=O)c2cccc(-c3ccn4c(-c5cccc(NC(=O)NCC(F)(F)F)c5)cnc4c3)c2)CC1.Cl. The van der Waals surface area contributed by atoms with E-state index >= 15 is 0 Å². The van der Waals surface area contributed by atoms with Crippen LogP contribution in [0.5, 0.6) is 0 Å². The number of likely N-dealkylation sites (N-methyl/N-ethyl adjacent to an activating group) is 1. The molecule has 3 amide bonds. The standard InChI is InChI=1S/C29H29F3N6O2.ClH/c1-2-36-11-13-37(14-12-36)27(39)23-7-3-5-20(15-23)21-9-10-38-25(18-33-26(38)17-21)22-6-4-8-24(16-22)35-28(40)34-19-29(30,31)32;/h3-10,15-18H,2,11-14,19H2,1H3,(H2,34,35,40);1H. The molecule has 0 aliphatic carbocycles. The minimum atomic E-state index is -4.49. The van der Waals surface area contributed by atoms with E-state index in [1.54, 1.807) is 29.7 Å². The zero-order valence-electron chi connectivity index (χ0n) is 22.3. The molecule has 8 nitrogen and oxygen atoms in total. The van der Waals surface area contributed by atoms with Crippen LogP contribution in [0, 0.1) is 0 Å². The molecule has 2 aromatic carbocycles. The van der Waals surface area contributed by atoms with Crippen molar-refractivity contribution in [2.45, 2.75) is 13.1 Å². The molecule has 2 aromatic heterocycles. The number of nitrogens with one attached hydrogen (secondary N) is 2. The number of urea groups is 1. The van der Waals surface area contributed by atoms with E-state index in [-0.39, 0.29) is 18.3 Å².